The molecule has 0 atom stereocenters. The molecule has 0 fully saturated rings. The van der Waals surface area contributed by atoms with Crippen LogP contribution in [0.15, 0.2) is 34.9 Å². The highest BCUT2D eigenvalue weighted by Crippen LogP contribution is 2.01. The van der Waals surface area contributed by atoms with Crippen molar-refractivity contribution in [2.75, 3.05) is 0 Å². The fourth-order valence-electron chi connectivity index (χ4n) is 0.517. The van der Waals surface area contributed by atoms with Crippen LogP contribution in [0.1, 0.15) is 6.92 Å². The smallest absolute Gasteiger partial charge is 0.167 e. The molecule has 0 aromatic rings. The van der Waals surface area contributed by atoms with Crippen molar-refractivity contribution in [1.82, 2.24) is 0 Å². The quantitative estimate of drug-likeness (QED) is 0.466. The van der Waals surface area contributed by atoms with E-state index in [1.807, 2.05) is 6.92 Å². The molecule has 1 N–H and O–H groups in total. The van der Waals surface area contributed by atoms with Crippen LogP contribution in [0.25, 0.3) is 0 Å². The molecule has 0 aliphatic heterocycles. The first kappa shape index (κ1) is 4.99. The van der Waals surface area contributed by atoms with Gasteiger partial charge in [0, 0.05) is 0 Å². The zero-order chi connectivity index (χ0) is 5.98. The van der Waals surface area contributed by atoms with Crippen molar-refractivity contribution in [1.29, 1.82) is 0 Å². The van der Waals surface area contributed by atoms with Gasteiger partial charge in [0.05, 0.1) is 0 Å². The van der Waals surface area contributed by atoms with Crippen molar-refractivity contribution >= 4 is 0 Å². The minimum absolute atomic E-state index is 0.157. The predicted octanol–water partition coefficient (Wildman–Crippen LogP) is 1.70. The third-order valence-electron chi connectivity index (χ3n) is 0.864. The molecular formula is C7H6O. The summed E-state index contributed by atoms with van der Waals surface area (Å²) in [7, 11) is 0. The van der Waals surface area contributed by atoms with Gasteiger partial charge in [-0.1, -0.05) is 5.73 Å². The third kappa shape index (κ3) is 0.913. The van der Waals surface area contributed by atoms with Crippen LogP contribution in [0.2, 0.25) is 0 Å². The number of hydrogen-bond acceptors (Lipinski definition) is 1. The zero-order valence-electron chi connectivity index (χ0n) is 4.60. The van der Waals surface area contributed by atoms with E-state index in [0.717, 1.165) is 5.57 Å². The molecular weight excluding hydrogens is 100 g/mol. The molecule has 1 aliphatic rings. The molecule has 40 valence electrons. The summed E-state index contributed by atoms with van der Waals surface area (Å²) in [6, 6.07) is 0. The molecule has 0 amide bonds. The minimum Gasteiger partial charge on any atom is -0.501 e. The van der Waals surface area contributed by atoms with E-state index in [-0.39, 0.29) is 5.76 Å². The molecule has 0 unspecified atom stereocenters. The van der Waals surface area contributed by atoms with Gasteiger partial charge in [0.15, 0.2) is 5.76 Å². The zero-order valence-corrected chi connectivity index (χ0v) is 4.60. The van der Waals surface area contributed by atoms with E-state index in [4.69, 9.17) is 5.11 Å². The van der Waals surface area contributed by atoms with E-state index in [0.29, 0.717) is 0 Å². The maximum absolute atomic E-state index is 8.73. The third-order valence-corrected chi connectivity index (χ3v) is 0.864. The predicted molar refractivity (Wildman–Crippen MR) is 31.5 cm³/mol. The van der Waals surface area contributed by atoms with E-state index in [1.54, 1.807) is 12.2 Å². The van der Waals surface area contributed by atoms with E-state index in [2.05, 4.69) is 11.5 Å². The Morgan fingerprint density at radius 3 is 2.75 bits per heavy atom. The highest BCUT2D eigenvalue weighted by molar-refractivity contribution is 5.27. The maximum atomic E-state index is 8.73. The molecule has 1 heteroatoms. The summed E-state index contributed by atoms with van der Waals surface area (Å²) < 4.78 is 0. The van der Waals surface area contributed by atoms with Crippen LogP contribution < -0.4 is 0 Å². The van der Waals surface area contributed by atoms with Gasteiger partial charge in [-0.3, -0.25) is 0 Å². The largest absolute Gasteiger partial charge is 0.501 e. The molecule has 1 rings (SSSR count). The van der Waals surface area contributed by atoms with Gasteiger partial charge in [-0.25, -0.2) is 0 Å². The first-order chi connectivity index (χ1) is 3.79. The fourth-order valence-corrected chi connectivity index (χ4v) is 0.517. The van der Waals surface area contributed by atoms with Crippen LogP contribution in [-0.4, -0.2) is 5.11 Å². The molecule has 8 heavy (non-hydrogen) atoms. The Bertz CT molecular complexity index is 221. The summed E-state index contributed by atoms with van der Waals surface area (Å²) in [5.41, 5.74) is 6.16. The summed E-state index contributed by atoms with van der Waals surface area (Å²) in [6.07, 6.45) is 3.40. The molecule has 0 saturated carbocycles. The average molecular weight is 106 g/mol. The van der Waals surface area contributed by atoms with Gasteiger partial charge in [-0.2, -0.15) is 0 Å². The summed E-state index contributed by atoms with van der Waals surface area (Å²) in [6.45, 7) is 1.89. The van der Waals surface area contributed by atoms with Crippen molar-refractivity contribution in [3.63, 3.8) is 0 Å². The summed E-state index contributed by atoms with van der Waals surface area (Å²) in [5.74, 6) is 0.157. The van der Waals surface area contributed by atoms with Crippen molar-refractivity contribution in [3.05, 3.63) is 34.9 Å². The molecule has 0 radical (unpaired) electrons. The van der Waals surface area contributed by atoms with Crippen LogP contribution in [0.4, 0.5) is 0 Å². The van der Waals surface area contributed by atoms with Gasteiger partial charge in [-0.15, -0.1) is 0 Å². The number of allylic oxidation sites excluding steroid dienone is 3. The molecule has 1 aliphatic carbocycles. The second kappa shape index (κ2) is 1.75. The van der Waals surface area contributed by atoms with Crippen LogP contribution in [0.3, 0.4) is 0 Å². The van der Waals surface area contributed by atoms with Gasteiger partial charge < -0.3 is 5.11 Å². The standard InChI is InChI=1S/C7H6O/c1-6-3-2-4-7(8)5-6/h3,5,8H,1H3. The maximum Gasteiger partial charge on any atom is 0.167 e. The van der Waals surface area contributed by atoms with Crippen molar-refractivity contribution in [3.8, 4) is 0 Å². The Hall–Kier alpha value is -1.16. The number of rotatable bonds is 0. The molecule has 0 aromatic heterocycles. The Kier molecular flexibility index (Phi) is 1.09. The highest BCUT2D eigenvalue weighted by atomic mass is 16.3. The Labute approximate surface area is 48.0 Å². The van der Waals surface area contributed by atoms with Gasteiger partial charge in [0.1, 0.15) is 0 Å². The minimum atomic E-state index is 0.157. The Balaban J connectivity index is 3.10. The summed E-state index contributed by atoms with van der Waals surface area (Å²) in [4.78, 5) is 0. The van der Waals surface area contributed by atoms with Crippen LogP contribution in [0.5, 0.6) is 0 Å². The lowest BCUT2D eigenvalue weighted by atomic mass is 10.2. The molecule has 1 nitrogen and oxygen atoms in total. The van der Waals surface area contributed by atoms with Gasteiger partial charge in [0.25, 0.3) is 0 Å². The normalized spacial score (nSPS) is 15.6. The number of hydrogen-bond donors (Lipinski definition) is 1. The van der Waals surface area contributed by atoms with E-state index >= 15 is 0 Å². The van der Waals surface area contributed by atoms with Crippen LogP contribution in [-0.2, 0) is 0 Å². The molecule has 0 bridgehead atoms. The van der Waals surface area contributed by atoms with Crippen LogP contribution >= 0.6 is 0 Å². The monoisotopic (exact) mass is 106 g/mol. The highest BCUT2D eigenvalue weighted by Gasteiger charge is 1.87. The SMILES string of the molecule is CC1=CC(O)=C=C=C1. The second-order valence-corrected chi connectivity index (χ2v) is 1.69. The Morgan fingerprint density at radius 2 is 2.38 bits per heavy atom. The molecule has 0 saturated heterocycles. The first-order valence-electron chi connectivity index (χ1n) is 2.38. The lowest BCUT2D eigenvalue weighted by molar-refractivity contribution is 0.433. The first-order valence-corrected chi connectivity index (χ1v) is 2.38. The number of aliphatic hydroxyl groups excluding tert-OH is 1. The summed E-state index contributed by atoms with van der Waals surface area (Å²) in [5, 5.41) is 8.73. The van der Waals surface area contributed by atoms with E-state index < -0.39 is 0 Å². The lowest BCUT2D eigenvalue weighted by Crippen LogP contribution is -1.75. The molecule has 0 spiro atoms. The molecule has 0 aromatic carbocycles. The van der Waals surface area contributed by atoms with Gasteiger partial charge >= 0.3 is 0 Å². The van der Waals surface area contributed by atoms with Crippen molar-refractivity contribution in [2.24, 2.45) is 0 Å². The van der Waals surface area contributed by atoms with E-state index in [9.17, 15) is 0 Å². The summed E-state index contributed by atoms with van der Waals surface area (Å²) >= 11 is 0. The van der Waals surface area contributed by atoms with Crippen molar-refractivity contribution in [2.45, 2.75) is 6.92 Å². The molecule has 0 heterocycles. The average Bonchev–Trinajstić information content (AvgIpc) is 1.64. The van der Waals surface area contributed by atoms with Crippen molar-refractivity contribution < 1.29 is 5.11 Å². The number of aliphatic hydroxyl groups is 1. The topological polar surface area (TPSA) is 20.2 Å². The fraction of sp³-hybridized carbons (Fsp3) is 0.143. The van der Waals surface area contributed by atoms with E-state index in [1.165, 1.54) is 0 Å². The van der Waals surface area contributed by atoms with Crippen LogP contribution in [0, 0.1) is 0 Å². The van der Waals surface area contributed by atoms with Gasteiger partial charge in [0.2, 0.25) is 0 Å². The Morgan fingerprint density at radius 1 is 1.62 bits per heavy atom. The lowest BCUT2D eigenvalue weighted by Gasteiger charge is -1.89. The van der Waals surface area contributed by atoms with Gasteiger partial charge in [-0.05, 0) is 30.4 Å². The second-order valence-electron chi connectivity index (χ2n) is 1.69.